The Morgan fingerprint density at radius 1 is 1.40 bits per heavy atom. The van der Waals surface area contributed by atoms with Crippen LogP contribution in [0.3, 0.4) is 0 Å². The van der Waals surface area contributed by atoms with Gasteiger partial charge in [0.2, 0.25) is 5.76 Å². The highest BCUT2D eigenvalue weighted by Gasteiger charge is 2.39. The minimum Gasteiger partial charge on any atom is -0.430 e. The van der Waals surface area contributed by atoms with E-state index in [2.05, 4.69) is 16.1 Å². The van der Waals surface area contributed by atoms with Gasteiger partial charge in [-0.1, -0.05) is 0 Å². The van der Waals surface area contributed by atoms with Gasteiger partial charge in [-0.05, 0) is 6.58 Å². The van der Waals surface area contributed by atoms with Crippen LogP contribution in [-0.4, -0.2) is 6.18 Å². The number of allylic oxidation sites excluding steroid dienone is 1. The fourth-order valence-corrected chi connectivity index (χ4v) is 0.415. The van der Waals surface area contributed by atoms with Crippen molar-refractivity contribution in [3.8, 4) is 0 Å². The highest BCUT2D eigenvalue weighted by molar-refractivity contribution is 5.05. The molecule has 1 rings (SSSR count). The monoisotopic (exact) mass is 152 g/mol. The van der Waals surface area contributed by atoms with Gasteiger partial charge in [-0.2, -0.15) is 13.2 Å². The van der Waals surface area contributed by atoms with Crippen molar-refractivity contribution in [3.05, 3.63) is 24.5 Å². The summed E-state index contributed by atoms with van der Waals surface area (Å²) in [6.07, 6.45) is -4.01. The van der Waals surface area contributed by atoms with Crippen molar-refractivity contribution in [2.24, 2.45) is 0 Å². The lowest BCUT2D eigenvalue weighted by Crippen LogP contribution is -2.11. The molecule has 1 aliphatic rings. The van der Waals surface area contributed by atoms with E-state index in [4.69, 9.17) is 0 Å². The van der Waals surface area contributed by atoms with Gasteiger partial charge in [-0.15, -0.1) is 0 Å². The van der Waals surface area contributed by atoms with E-state index in [1.807, 2.05) is 0 Å². The third-order valence-corrected chi connectivity index (χ3v) is 0.801. The van der Waals surface area contributed by atoms with Gasteiger partial charge in [-0.25, -0.2) is 0 Å². The molecule has 0 unspecified atom stereocenters. The van der Waals surface area contributed by atoms with Crippen LogP contribution >= 0.6 is 0 Å². The fourth-order valence-electron chi connectivity index (χ4n) is 0.415. The standard InChI is InChI=1S/C5H3F3O2/c1-3-9-2-4(10-3)5(6,7)8/h2H,1H2. The molecule has 5 heteroatoms. The Labute approximate surface area is 54.5 Å². The minimum atomic E-state index is -4.49. The van der Waals surface area contributed by atoms with Crippen LogP contribution in [0.4, 0.5) is 13.2 Å². The molecule has 0 aromatic carbocycles. The summed E-state index contributed by atoms with van der Waals surface area (Å²) < 4.78 is 43.1. The number of hydrogen-bond acceptors (Lipinski definition) is 2. The van der Waals surface area contributed by atoms with Crippen LogP contribution in [0.15, 0.2) is 24.5 Å². The van der Waals surface area contributed by atoms with Crippen molar-refractivity contribution < 1.29 is 22.6 Å². The average molecular weight is 152 g/mol. The second-order valence-electron chi connectivity index (χ2n) is 1.57. The van der Waals surface area contributed by atoms with E-state index in [0.29, 0.717) is 6.26 Å². The first-order chi connectivity index (χ1) is 4.50. The molecule has 1 aliphatic heterocycles. The van der Waals surface area contributed by atoms with Crippen molar-refractivity contribution in [1.29, 1.82) is 0 Å². The smallest absolute Gasteiger partial charge is 0.430 e. The molecule has 0 aliphatic carbocycles. The van der Waals surface area contributed by atoms with E-state index in [1.54, 1.807) is 0 Å². The molecule has 0 aromatic rings. The van der Waals surface area contributed by atoms with Crippen molar-refractivity contribution in [1.82, 2.24) is 0 Å². The molecule has 0 saturated heterocycles. The topological polar surface area (TPSA) is 18.5 Å². The first-order valence-electron chi connectivity index (χ1n) is 2.31. The number of hydrogen-bond donors (Lipinski definition) is 0. The summed E-state index contributed by atoms with van der Waals surface area (Å²) in [5.41, 5.74) is 0. The molecular formula is C5H3F3O2. The van der Waals surface area contributed by atoms with Crippen LogP contribution in [-0.2, 0) is 9.47 Å². The Morgan fingerprint density at radius 2 is 2.00 bits per heavy atom. The maximum atomic E-state index is 11.6. The number of alkyl halides is 3. The summed E-state index contributed by atoms with van der Waals surface area (Å²) in [6, 6.07) is 0. The summed E-state index contributed by atoms with van der Waals surface area (Å²) >= 11 is 0. The molecule has 0 radical (unpaired) electrons. The second-order valence-corrected chi connectivity index (χ2v) is 1.57. The zero-order chi connectivity index (χ0) is 7.78. The zero-order valence-corrected chi connectivity index (χ0v) is 4.73. The molecule has 0 aromatic heterocycles. The van der Waals surface area contributed by atoms with Crippen LogP contribution in [0.5, 0.6) is 0 Å². The molecule has 0 amide bonds. The van der Waals surface area contributed by atoms with Gasteiger partial charge in [0, 0.05) is 0 Å². The Hall–Kier alpha value is -1.13. The van der Waals surface area contributed by atoms with Crippen LogP contribution in [0.2, 0.25) is 0 Å². The lowest BCUT2D eigenvalue weighted by atomic mass is 10.5. The Bertz CT molecular complexity index is 192. The molecule has 0 N–H and O–H groups in total. The number of rotatable bonds is 0. The zero-order valence-electron chi connectivity index (χ0n) is 4.73. The summed E-state index contributed by atoms with van der Waals surface area (Å²) in [7, 11) is 0. The van der Waals surface area contributed by atoms with Gasteiger partial charge >= 0.3 is 6.18 Å². The van der Waals surface area contributed by atoms with E-state index in [0.717, 1.165) is 0 Å². The molecule has 10 heavy (non-hydrogen) atoms. The minimum absolute atomic E-state index is 0.354. The second kappa shape index (κ2) is 1.93. The van der Waals surface area contributed by atoms with E-state index in [9.17, 15) is 13.2 Å². The van der Waals surface area contributed by atoms with E-state index >= 15 is 0 Å². The largest absolute Gasteiger partial charge is 0.452 e. The Balaban J connectivity index is 2.69. The Morgan fingerprint density at radius 3 is 2.20 bits per heavy atom. The molecule has 1 heterocycles. The van der Waals surface area contributed by atoms with E-state index < -0.39 is 11.9 Å². The Kier molecular flexibility index (Phi) is 1.35. The lowest BCUT2D eigenvalue weighted by Gasteiger charge is -2.03. The third kappa shape index (κ3) is 1.23. The summed E-state index contributed by atoms with van der Waals surface area (Å²) in [5.74, 6) is -1.52. The van der Waals surface area contributed by atoms with Crippen molar-refractivity contribution in [2.75, 3.05) is 0 Å². The van der Waals surface area contributed by atoms with Gasteiger partial charge in [0.25, 0.3) is 5.95 Å². The maximum Gasteiger partial charge on any atom is 0.452 e. The predicted molar refractivity (Wildman–Crippen MR) is 25.4 cm³/mol. The van der Waals surface area contributed by atoms with Crippen molar-refractivity contribution in [2.45, 2.75) is 6.18 Å². The van der Waals surface area contributed by atoms with Crippen molar-refractivity contribution >= 4 is 0 Å². The molecule has 0 bridgehead atoms. The number of ether oxygens (including phenoxy) is 2. The summed E-state index contributed by atoms with van der Waals surface area (Å²) in [4.78, 5) is 0. The van der Waals surface area contributed by atoms with Gasteiger partial charge < -0.3 is 9.47 Å². The van der Waals surface area contributed by atoms with Crippen LogP contribution in [0, 0.1) is 0 Å². The van der Waals surface area contributed by atoms with Crippen LogP contribution in [0.1, 0.15) is 0 Å². The fraction of sp³-hybridized carbons (Fsp3) is 0.200. The summed E-state index contributed by atoms with van der Waals surface area (Å²) in [6.45, 7) is 3.02. The van der Waals surface area contributed by atoms with Gasteiger partial charge in [-0.3, -0.25) is 0 Å². The SMILES string of the molecule is C=C1OC=C(C(F)(F)F)O1. The quantitative estimate of drug-likeness (QED) is 0.527. The highest BCUT2D eigenvalue weighted by Crippen LogP contribution is 2.31. The molecule has 0 saturated carbocycles. The van der Waals surface area contributed by atoms with E-state index in [-0.39, 0.29) is 5.95 Å². The van der Waals surface area contributed by atoms with Gasteiger partial charge in [0.15, 0.2) is 0 Å². The normalized spacial score (nSPS) is 17.9. The summed E-state index contributed by atoms with van der Waals surface area (Å²) in [5, 5.41) is 0. The first kappa shape index (κ1) is 6.98. The maximum absolute atomic E-state index is 11.6. The van der Waals surface area contributed by atoms with Crippen molar-refractivity contribution in [3.63, 3.8) is 0 Å². The first-order valence-corrected chi connectivity index (χ1v) is 2.31. The third-order valence-electron chi connectivity index (χ3n) is 0.801. The highest BCUT2D eigenvalue weighted by atomic mass is 19.4. The molecule has 56 valence electrons. The van der Waals surface area contributed by atoms with Gasteiger partial charge in [0.1, 0.15) is 6.26 Å². The molecule has 0 atom stereocenters. The lowest BCUT2D eigenvalue weighted by molar-refractivity contribution is -0.122. The van der Waals surface area contributed by atoms with Crippen LogP contribution in [0.25, 0.3) is 0 Å². The van der Waals surface area contributed by atoms with Crippen LogP contribution < -0.4 is 0 Å². The average Bonchev–Trinajstić information content (AvgIpc) is 2.11. The number of halogens is 3. The molecule has 0 spiro atoms. The van der Waals surface area contributed by atoms with E-state index in [1.165, 1.54) is 0 Å². The molecule has 2 nitrogen and oxygen atoms in total. The predicted octanol–water partition coefficient (Wildman–Crippen LogP) is 1.91. The molecular weight excluding hydrogens is 149 g/mol. The van der Waals surface area contributed by atoms with Gasteiger partial charge in [0.05, 0.1) is 0 Å². The molecule has 0 fully saturated rings.